The van der Waals surface area contributed by atoms with E-state index >= 15 is 0 Å². The molecule has 0 aliphatic heterocycles. The molecule has 1 aromatic heterocycles. The Morgan fingerprint density at radius 2 is 1.44 bits per heavy atom. The first kappa shape index (κ1) is 21.1. The van der Waals surface area contributed by atoms with Gasteiger partial charge >= 0.3 is 0 Å². The number of rotatable bonds is 7. The molecule has 162 valence electrons. The SMILES string of the molecule is COc1cc(C(=O)c2cn(-c3ccc(N)cc3)cc2-c2ccccc2)cc(OC)c1OC. The summed E-state index contributed by atoms with van der Waals surface area (Å²) in [4.78, 5) is 13.7. The molecule has 0 atom stereocenters. The van der Waals surface area contributed by atoms with Crippen LogP contribution in [0, 0.1) is 0 Å². The van der Waals surface area contributed by atoms with Crippen LogP contribution in [0.2, 0.25) is 0 Å². The first-order valence-electron chi connectivity index (χ1n) is 10.0. The second-order valence-electron chi connectivity index (χ2n) is 7.19. The lowest BCUT2D eigenvalue weighted by molar-refractivity contribution is 0.103. The number of nitrogens with two attached hydrogens (primary N) is 1. The van der Waals surface area contributed by atoms with Gasteiger partial charge in [0.1, 0.15) is 0 Å². The molecule has 0 bridgehead atoms. The fraction of sp³-hybridized carbons (Fsp3) is 0.115. The number of aromatic nitrogens is 1. The number of anilines is 1. The fourth-order valence-electron chi connectivity index (χ4n) is 3.65. The smallest absolute Gasteiger partial charge is 0.203 e. The summed E-state index contributed by atoms with van der Waals surface area (Å²) in [5.41, 5.74) is 10.2. The number of ether oxygens (including phenoxy) is 3. The van der Waals surface area contributed by atoms with Gasteiger partial charge in [0.25, 0.3) is 0 Å². The van der Waals surface area contributed by atoms with E-state index in [1.165, 1.54) is 21.3 Å². The molecule has 6 heteroatoms. The molecule has 0 saturated carbocycles. The van der Waals surface area contributed by atoms with Crippen LogP contribution in [0.5, 0.6) is 17.2 Å². The minimum Gasteiger partial charge on any atom is -0.493 e. The molecule has 0 unspecified atom stereocenters. The van der Waals surface area contributed by atoms with Crippen molar-refractivity contribution in [1.29, 1.82) is 0 Å². The number of carbonyl (C=O) groups is 1. The minimum atomic E-state index is -0.155. The molecule has 4 aromatic rings. The molecule has 0 amide bonds. The Morgan fingerprint density at radius 1 is 0.812 bits per heavy atom. The van der Waals surface area contributed by atoms with Crippen LogP contribution in [0.15, 0.2) is 79.1 Å². The Balaban J connectivity index is 1.87. The predicted octanol–water partition coefficient (Wildman–Crippen LogP) is 4.98. The van der Waals surface area contributed by atoms with Gasteiger partial charge < -0.3 is 24.5 Å². The zero-order valence-corrected chi connectivity index (χ0v) is 18.2. The number of nitrogen functional groups attached to an aromatic ring is 1. The highest BCUT2D eigenvalue weighted by Gasteiger charge is 2.22. The molecular formula is C26H24N2O4. The second-order valence-corrected chi connectivity index (χ2v) is 7.19. The summed E-state index contributed by atoms with van der Waals surface area (Å²) in [5, 5.41) is 0. The Hall–Kier alpha value is -4.19. The second kappa shape index (κ2) is 8.89. The highest BCUT2D eigenvalue weighted by Crippen LogP contribution is 2.39. The molecule has 0 fully saturated rings. The van der Waals surface area contributed by atoms with Crippen molar-refractivity contribution >= 4 is 11.5 Å². The molecular weight excluding hydrogens is 404 g/mol. The van der Waals surface area contributed by atoms with E-state index in [0.717, 1.165) is 16.8 Å². The lowest BCUT2D eigenvalue weighted by Gasteiger charge is -2.14. The monoisotopic (exact) mass is 428 g/mol. The average molecular weight is 428 g/mol. The molecule has 3 aromatic carbocycles. The Kier molecular flexibility index (Phi) is 5.85. The van der Waals surface area contributed by atoms with Crippen LogP contribution in [0.1, 0.15) is 15.9 Å². The van der Waals surface area contributed by atoms with Gasteiger partial charge in [-0.15, -0.1) is 0 Å². The quantitative estimate of drug-likeness (QED) is 0.332. The van der Waals surface area contributed by atoms with Gasteiger partial charge in [-0.1, -0.05) is 30.3 Å². The van der Waals surface area contributed by atoms with E-state index in [1.807, 2.05) is 71.6 Å². The summed E-state index contributed by atoms with van der Waals surface area (Å²) in [6.07, 6.45) is 3.78. The number of ketones is 1. The Labute approximate surface area is 186 Å². The minimum absolute atomic E-state index is 0.155. The van der Waals surface area contributed by atoms with Crippen LogP contribution in [0.25, 0.3) is 16.8 Å². The molecule has 1 heterocycles. The van der Waals surface area contributed by atoms with E-state index < -0.39 is 0 Å². The van der Waals surface area contributed by atoms with Crippen molar-refractivity contribution in [3.8, 4) is 34.1 Å². The van der Waals surface area contributed by atoms with Crippen molar-refractivity contribution in [3.63, 3.8) is 0 Å². The molecule has 6 nitrogen and oxygen atoms in total. The van der Waals surface area contributed by atoms with Crippen molar-refractivity contribution in [2.24, 2.45) is 0 Å². The van der Waals surface area contributed by atoms with Crippen LogP contribution >= 0.6 is 0 Å². The Morgan fingerprint density at radius 3 is 2.00 bits per heavy atom. The van der Waals surface area contributed by atoms with Crippen LogP contribution in [0.3, 0.4) is 0 Å². The van der Waals surface area contributed by atoms with E-state index in [0.29, 0.717) is 34.1 Å². The molecule has 4 rings (SSSR count). The molecule has 2 N–H and O–H groups in total. The molecule has 0 aliphatic carbocycles. The van der Waals surface area contributed by atoms with E-state index in [1.54, 1.807) is 12.1 Å². The van der Waals surface area contributed by atoms with Crippen molar-refractivity contribution < 1.29 is 19.0 Å². The van der Waals surface area contributed by atoms with Gasteiger partial charge in [0.2, 0.25) is 5.75 Å². The topological polar surface area (TPSA) is 75.7 Å². The molecule has 0 saturated heterocycles. The normalized spacial score (nSPS) is 10.6. The first-order valence-corrected chi connectivity index (χ1v) is 10.0. The van der Waals surface area contributed by atoms with Crippen LogP contribution in [0.4, 0.5) is 5.69 Å². The van der Waals surface area contributed by atoms with Gasteiger partial charge in [0.05, 0.1) is 21.3 Å². The van der Waals surface area contributed by atoms with Gasteiger partial charge in [-0.2, -0.15) is 0 Å². The number of carbonyl (C=O) groups excluding carboxylic acids is 1. The van der Waals surface area contributed by atoms with Crippen molar-refractivity contribution in [3.05, 3.63) is 90.3 Å². The van der Waals surface area contributed by atoms with Gasteiger partial charge in [0.15, 0.2) is 17.3 Å². The van der Waals surface area contributed by atoms with Gasteiger partial charge in [0, 0.05) is 40.5 Å². The highest BCUT2D eigenvalue weighted by atomic mass is 16.5. The highest BCUT2D eigenvalue weighted by molar-refractivity contribution is 6.13. The first-order chi connectivity index (χ1) is 15.5. The van der Waals surface area contributed by atoms with Gasteiger partial charge in [-0.3, -0.25) is 4.79 Å². The van der Waals surface area contributed by atoms with Crippen LogP contribution in [-0.2, 0) is 0 Å². The number of hydrogen-bond acceptors (Lipinski definition) is 5. The number of hydrogen-bond donors (Lipinski definition) is 1. The summed E-state index contributed by atoms with van der Waals surface area (Å²) in [5.74, 6) is 1.13. The third-order valence-electron chi connectivity index (χ3n) is 5.27. The van der Waals surface area contributed by atoms with Crippen molar-refractivity contribution in [1.82, 2.24) is 4.57 Å². The van der Waals surface area contributed by atoms with Crippen LogP contribution < -0.4 is 19.9 Å². The van der Waals surface area contributed by atoms with Crippen molar-refractivity contribution in [2.45, 2.75) is 0 Å². The van der Waals surface area contributed by atoms with Crippen molar-refractivity contribution in [2.75, 3.05) is 27.1 Å². The molecule has 32 heavy (non-hydrogen) atoms. The maximum absolute atomic E-state index is 13.7. The standard InChI is InChI=1S/C26H24N2O4/c1-30-23-13-18(14-24(31-2)26(23)32-3)25(29)22-16-28(20-11-9-19(27)10-12-20)15-21(22)17-7-5-4-6-8-17/h4-16H,27H2,1-3H3. The zero-order valence-electron chi connectivity index (χ0n) is 18.2. The fourth-order valence-corrected chi connectivity index (χ4v) is 3.65. The number of nitrogens with zero attached hydrogens (tertiary/aromatic N) is 1. The number of methoxy groups -OCH3 is 3. The summed E-state index contributed by atoms with van der Waals surface area (Å²) < 4.78 is 18.2. The summed E-state index contributed by atoms with van der Waals surface area (Å²) >= 11 is 0. The molecule has 0 aliphatic rings. The van der Waals surface area contributed by atoms with Gasteiger partial charge in [-0.25, -0.2) is 0 Å². The van der Waals surface area contributed by atoms with E-state index in [2.05, 4.69) is 0 Å². The van der Waals surface area contributed by atoms with Crippen LogP contribution in [-0.4, -0.2) is 31.7 Å². The van der Waals surface area contributed by atoms with E-state index in [9.17, 15) is 4.79 Å². The lowest BCUT2D eigenvalue weighted by atomic mass is 9.97. The van der Waals surface area contributed by atoms with Gasteiger partial charge in [-0.05, 0) is 42.0 Å². The lowest BCUT2D eigenvalue weighted by Crippen LogP contribution is -2.04. The molecule has 0 spiro atoms. The summed E-state index contributed by atoms with van der Waals surface area (Å²) in [6, 6.07) is 20.6. The largest absolute Gasteiger partial charge is 0.493 e. The summed E-state index contributed by atoms with van der Waals surface area (Å²) in [7, 11) is 4.58. The maximum Gasteiger partial charge on any atom is 0.203 e. The summed E-state index contributed by atoms with van der Waals surface area (Å²) in [6.45, 7) is 0. The zero-order chi connectivity index (χ0) is 22.7. The molecule has 0 radical (unpaired) electrons. The van der Waals surface area contributed by atoms with E-state index in [-0.39, 0.29) is 5.78 Å². The average Bonchev–Trinajstić information content (AvgIpc) is 3.29. The third-order valence-corrected chi connectivity index (χ3v) is 5.27. The Bertz CT molecular complexity index is 1220. The number of benzene rings is 3. The predicted molar refractivity (Wildman–Crippen MR) is 125 cm³/mol. The van der Waals surface area contributed by atoms with E-state index in [4.69, 9.17) is 19.9 Å². The third kappa shape index (κ3) is 3.90. The maximum atomic E-state index is 13.7.